The summed E-state index contributed by atoms with van der Waals surface area (Å²) < 4.78 is 13.7. The van der Waals surface area contributed by atoms with Gasteiger partial charge in [0.1, 0.15) is 5.56 Å². The monoisotopic (exact) mass is 256 g/mol. The molecule has 0 atom stereocenters. The number of carbonyl (C=O) groups is 1. The zero-order valence-corrected chi connectivity index (χ0v) is 10.4. The van der Waals surface area contributed by atoms with E-state index in [9.17, 15) is 9.18 Å². The lowest BCUT2D eigenvalue weighted by Crippen LogP contribution is -2.25. The fraction of sp³-hybridized carbons (Fsp3) is 0.500. The van der Waals surface area contributed by atoms with Crippen LogP contribution >= 0.6 is 0 Å². The maximum absolute atomic E-state index is 13.7. The minimum Gasteiger partial charge on any atom is -0.478 e. The lowest BCUT2D eigenvalue weighted by atomic mass is 9.90. The summed E-state index contributed by atoms with van der Waals surface area (Å²) in [4.78, 5) is 14.5. The van der Waals surface area contributed by atoms with Gasteiger partial charge >= 0.3 is 5.97 Å². The zero-order valence-electron chi connectivity index (χ0n) is 10.4. The quantitative estimate of drug-likeness (QED) is 0.722. The lowest BCUT2D eigenvalue weighted by molar-refractivity contribution is 0.0692. The Morgan fingerprint density at radius 1 is 1.56 bits per heavy atom. The first-order valence-electron chi connectivity index (χ1n) is 5.60. The number of anilines is 1. The van der Waals surface area contributed by atoms with Gasteiger partial charge in [0.15, 0.2) is 11.6 Å². The molecule has 3 N–H and O–H groups in total. The van der Waals surface area contributed by atoms with Crippen LogP contribution in [0.3, 0.4) is 0 Å². The molecule has 0 unspecified atom stereocenters. The molecule has 100 valence electrons. The Kier molecular flexibility index (Phi) is 4.61. The lowest BCUT2D eigenvalue weighted by Gasteiger charge is -2.24. The summed E-state index contributed by atoms with van der Waals surface area (Å²) in [6.45, 7) is 4.25. The Morgan fingerprint density at radius 2 is 2.22 bits per heavy atom. The molecule has 5 nitrogen and oxygen atoms in total. The molecule has 18 heavy (non-hydrogen) atoms. The van der Waals surface area contributed by atoms with E-state index in [-0.39, 0.29) is 17.8 Å². The molecule has 0 bridgehead atoms. The zero-order chi connectivity index (χ0) is 13.8. The third kappa shape index (κ3) is 3.66. The molecular weight excluding hydrogens is 239 g/mol. The van der Waals surface area contributed by atoms with Crippen LogP contribution in [0, 0.1) is 11.2 Å². The summed E-state index contributed by atoms with van der Waals surface area (Å²) >= 11 is 0. The van der Waals surface area contributed by atoms with Crippen molar-refractivity contribution in [2.75, 3.05) is 18.5 Å². The highest BCUT2D eigenvalue weighted by Gasteiger charge is 2.20. The summed E-state index contributed by atoms with van der Waals surface area (Å²) in [6.07, 6.45) is 1.80. The number of nitrogens with zero attached hydrogens (tertiary/aromatic N) is 1. The number of aliphatic hydroxyl groups is 1. The Hall–Kier alpha value is -1.69. The average Bonchev–Trinajstić information content (AvgIpc) is 2.27. The van der Waals surface area contributed by atoms with Crippen molar-refractivity contribution in [2.45, 2.75) is 20.3 Å². The van der Waals surface area contributed by atoms with Crippen molar-refractivity contribution in [1.82, 2.24) is 4.98 Å². The molecule has 6 heteroatoms. The van der Waals surface area contributed by atoms with Crippen LogP contribution in [-0.4, -0.2) is 34.3 Å². The van der Waals surface area contributed by atoms with Crippen LogP contribution in [0.2, 0.25) is 0 Å². The van der Waals surface area contributed by atoms with Crippen LogP contribution in [0.4, 0.5) is 10.2 Å². The van der Waals surface area contributed by atoms with Gasteiger partial charge in [0, 0.05) is 19.3 Å². The van der Waals surface area contributed by atoms with Crippen molar-refractivity contribution >= 4 is 11.8 Å². The third-order valence-corrected chi connectivity index (χ3v) is 2.64. The van der Waals surface area contributed by atoms with Crippen molar-refractivity contribution in [2.24, 2.45) is 5.41 Å². The van der Waals surface area contributed by atoms with Gasteiger partial charge < -0.3 is 15.5 Å². The minimum atomic E-state index is -1.33. The molecular formula is C12H17FN2O3. The highest BCUT2D eigenvalue weighted by Crippen LogP contribution is 2.22. The largest absolute Gasteiger partial charge is 0.478 e. The Bertz CT molecular complexity index is 435. The molecule has 0 saturated carbocycles. The maximum atomic E-state index is 13.7. The Morgan fingerprint density at radius 3 is 2.78 bits per heavy atom. The van der Waals surface area contributed by atoms with E-state index in [4.69, 9.17) is 10.2 Å². The van der Waals surface area contributed by atoms with Crippen molar-refractivity contribution in [1.29, 1.82) is 0 Å². The highest BCUT2D eigenvalue weighted by molar-refractivity contribution is 5.88. The molecule has 0 amide bonds. The summed E-state index contributed by atoms with van der Waals surface area (Å²) in [5, 5.41) is 20.4. The van der Waals surface area contributed by atoms with Crippen LogP contribution < -0.4 is 5.32 Å². The van der Waals surface area contributed by atoms with Crippen LogP contribution in [0.25, 0.3) is 0 Å². The molecule has 1 rings (SSSR count). The number of hydrogen-bond acceptors (Lipinski definition) is 4. The number of nitrogens with one attached hydrogen (secondary N) is 1. The third-order valence-electron chi connectivity index (χ3n) is 2.64. The maximum Gasteiger partial charge on any atom is 0.338 e. The van der Waals surface area contributed by atoms with Crippen molar-refractivity contribution in [3.8, 4) is 0 Å². The molecule has 0 aliphatic rings. The van der Waals surface area contributed by atoms with E-state index in [0.29, 0.717) is 13.0 Å². The molecule has 0 fully saturated rings. The second kappa shape index (κ2) is 5.77. The van der Waals surface area contributed by atoms with Gasteiger partial charge in [0.05, 0.1) is 0 Å². The summed E-state index contributed by atoms with van der Waals surface area (Å²) in [5.41, 5.74) is -0.644. The average molecular weight is 256 g/mol. The molecule has 1 heterocycles. The normalized spacial score (nSPS) is 11.3. The van der Waals surface area contributed by atoms with E-state index in [2.05, 4.69) is 10.3 Å². The van der Waals surface area contributed by atoms with E-state index < -0.39 is 17.3 Å². The van der Waals surface area contributed by atoms with Crippen LogP contribution in [0.15, 0.2) is 12.3 Å². The molecule has 0 aliphatic heterocycles. The molecule has 0 aromatic carbocycles. The molecule has 1 aromatic rings. The molecule has 0 spiro atoms. The van der Waals surface area contributed by atoms with Crippen LogP contribution in [0.1, 0.15) is 30.6 Å². The number of carboxylic acid groups (broad SMARTS) is 1. The van der Waals surface area contributed by atoms with Gasteiger partial charge in [0.25, 0.3) is 0 Å². The topological polar surface area (TPSA) is 82.5 Å². The Labute approximate surface area is 105 Å². The number of carboxylic acids is 1. The first kappa shape index (κ1) is 14.4. The van der Waals surface area contributed by atoms with E-state index >= 15 is 0 Å². The van der Waals surface area contributed by atoms with E-state index in [1.54, 1.807) is 0 Å². The first-order chi connectivity index (χ1) is 8.37. The second-order valence-electron chi connectivity index (χ2n) is 4.82. The van der Waals surface area contributed by atoms with Crippen molar-refractivity contribution in [3.05, 3.63) is 23.6 Å². The summed E-state index contributed by atoms with van der Waals surface area (Å²) in [6, 6.07) is 1.11. The molecule has 1 aromatic heterocycles. The van der Waals surface area contributed by atoms with E-state index in [1.165, 1.54) is 6.20 Å². The van der Waals surface area contributed by atoms with Crippen LogP contribution in [-0.2, 0) is 0 Å². The SMILES string of the molecule is CC(C)(CCO)CNc1nccc(C(=O)O)c1F. The predicted octanol–water partition coefficient (Wildman–Crippen LogP) is 1.74. The predicted molar refractivity (Wildman–Crippen MR) is 65.1 cm³/mol. The van der Waals surface area contributed by atoms with Gasteiger partial charge in [-0.05, 0) is 17.9 Å². The molecule has 0 radical (unpaired) electrons. The van der Waals surface area contributed by atoms with Crippen molar-refractivity contribution < 1.29 is 19.4 Å². The minimum absolute atomic E-state index is 0.0414. The van der Waals surface area contributed by atoms with Gasteiger partial charge in [-0.3, -0.25) is 0 Å². The number of aromatic nitrogens is 1. The molecule has 0 saturated heterocycles. The smallest absolute Gasteiger partial charge is 0.338 e. The Balaban J connectivity index is 2.80. The van der Waals surface area contributed by atoms with Gasteiger partial charge in [-0.25, -0.2) is 14.2 Å². The summed E-state index contributed by atoms with van der Waals surface area (Å²) in [7, 11) is 0. The fourth-order valence-corrected chi connectivity index (χ4v) is 1.45. The number of aliphatic hydroxyl groups excluding tert-OH is 1. The van der Waals surface area contributed by atoms with E-state index in [1.807, 2.05) is 13.8 Å². The second-order valence-corrected chi connectivity index (χ2v) is 4.82. The standard InChI is InChI=1S/C12H17FN2O3/c1-12(2,4-6-16)7-15-10-9(13)8(11(17)18)3-5-14-10/h3,5,16H,4,6-7H2,1-2H3,(H,14,15)(H,17,18). The van der Waals surface area contributed by atoms with Crippen molar-refractivity contribution in [3.63, 3.8) is 0 Å². The van der Waals surface area contributed by atoms with E-state index in [0.717, 1.165) is 6.07 Å². The van der Waals surface area contributed by atoms with Gasteiger partial charge in [0.2, 0.25) is 0 Å². The highest BCUT2D eigenvalue weighted by atomic mass is 19.1. The molecule has 0 aliphatic carbocycles. The van der Waals surface area contributed by atoms with Gasteiger partial charge in [-0.1, -0.05) is 13.8 Å². The number of halogens is 1. The van der Waals surface area contributed by atoms with Gasteiger partial charge in [-0.2, -0.15) is 0 Å². The number of rotatable bonds is 6. The fourth-order valence-electron chi connectivity index (χ4n) is 1.45. The number of hydrogen-bond donors (Lipinski definition) is 3. The summed E-state index contributed by atoms with van der Waals surface area (Å²) in [5.74, 6) is -2.28. The van der Waals surface area contributed by atoms with Gasteiger partial charge in [-0.15, -0.1) is 0 Å². The number of aromatic carboxylic acids is 1. The number of pyridine rings is 1. The van der Waals surface area contributed by atoms with Crippen LogP contribution in [0.5, 0.6) is 0 Å². The first-order valence-corrected chi connectivity index (χ1v) is 5.60.